The summed E-state index contributed by atoms with van der Waals surface area (Å²) < 4.78 is 59.7. The third kappa shape index (κ3) is 2.32. The van der Waals surface area contributed by atoms with E-state index in [1.165, 1.54) is 0 Å². The van der Waals surface area contributed by atoms with Crippen LogP contribution in [0.25, 0.3) is 0 Å². The van der Waals surface area contributed by atoms with Crippen molar-refractivity contribution < 1.29 is 25.8 Å². The van der Waals surface area contributed by atoms with Crippen LogP contribution in [-0.2, 0) is 14.3 Å². The first-order valence-corrected chi connectivity index (χ1v) is 4.88. The minimum absolute atomic E-state index is 0.148. The summed E-state index contributed by atoms with van der Waals surface area (Å²) in [6.07, 6.45) is -0.619. The van der Waals surface area contributed by atoms with Crippen molar-refractivity contribution in [1.29, 1.82) is 0 Å². The smallest absolute Gasteiger partial charge is 0.328 e. The largest absolute Gasteiger partial charge is 0.523 e. The first kappa shape index (κ1) is 10.7. The van der Waals surface area contributed by atoms with Gasteiger partial charge in [0.25, 0.3) is 0 Å². The van der Waals surface area contributed by atoms with Crippen molar-refractivity contribution in [2.45, 2.75) is 30.5 Å². The highest BCUT2D eigenvalue weighted by Crippen LogP contribution is 2.30. The lowest BCUT2D eigenvalue weighted by molar-refractivity contribution is -0.0611. The summed E-state index contributed by atoms with van der Waals surface area (Å²) in [5.74, 6) is 0. The van der Waals surface area contributed by atoms with Crippen molar-refractivity contribution >= 4 is 10.1 Å². The number of halogens is 3. The third-order valence-corrected chi connectivity index (χ3v) is 2.77. The molecular weight excluding hydrogens is 211 g/mol. The van der Waals surface area contributed by atoms with Gasteiger partial charge in [-0.1, -0.05) is 0 Å². The Hall–Kier alpha value is -0.340. The molecule has 0 aromatic carbocycles. The van der Waals surface area contributed by atoms with Crippen LogP contribution in [0, 0.1) is 0 Å². The van der Waals surface area contributed by atoms with Gasteiger partial charge in [0.15, 0.2) is 0 Å². The maximum Gasteiger partial charge on any atom is 0.523 e. The molecule has 0 aromatic rings. The van der Waals surface area contributed by atoms with E-state index in [0.717, 1.165) is 0 Å². The predicted molar refractivity (Wildman–Crippen MR) is 37.1 cm³/mol. The molecule has 0 aliphatic heterocycles. The van der Waals surface area contributed by atoms with Crippen LogP contribution in [0.5, 0.6) is 0 Å². The van der Waals surface area contributed by atoms with E-state index >= 15 is 0 Å². The van der Waals surface area contributed by atoms with E-state index in [0.29, 0.717) is 0 Å². The quantitative estimate of drug-likeness (QED) is 0.537. The molecule has 1 saturated carbocycles. The fourth-order valence-electron chi connectivity index (χ4n) is 0.919. The minimum atomic E-state index is -5.44. The molecule has 1 aliphatic rings. The molecule has 0 aromatic heterocycles. The molecule has 8 heteroatoms. The van der Waals surface area contributed by atoms with Crippen LogP contribution < -0.4 is 5.73 Å². The second kappa shape index (κ2) is 3.10. The summed E-state index contributed by atoms with van der Waals surface area (Å²) in [5.41, 5.74) is -0.0999. The fourth-order valence-corrected chi connectivity index (χ4v) is 1.54. The van der Waals surface area contributed by atoms with Crippen molar-refractivity contribution in [1.82, 2.24) is 0 Å². The molecule has 1 aliphatic carbocycles. The lowest BCUT2D eigenvalue weighted by Gasteiger charge is -2.31. The first-order chi connectivity index (χ1) is 5.72. The Bertz CT molecular complexity index is 280. The van der Waals surface area contributed by atoms with Gasteiger partial charge in [0.2, 0.25) is 0 Å². The van der Waals surface area contributed by atoms with Crippen LogP contribution in [0.15, 0.2) is 0 Å². The van der Waals surface area contributed by atoms with Crippen molar-refractivity contribution in [3.05, 3.63) is 0 Å². The molecule has 0 atom stereocenters. The highest BCUT2D eigenvalue weighted by molar-refractivity contribution is 7.87. The number of alkyl halides is 3. The number of rotatable bonds is 2. The zero-order valence-electron chi connectivity index (χ0n) is 6.41. The van der Waals surface area contributed by atoms with Crippen LogP contribution in [0.3, 0.4) is 0 Å². The van der Waals surface area contributed by atoms with Gasteiger partial charge in [0.1, 0.15) is 0 Å². The Morgan fingerprint density at radius 1 is 1.31 bits per heavy atom. The molecule has 2 N–H and O–H groups in total. The SMILES string of the molecule is NC1CC(OS(=O)(=O)C(F)(F)F)C1. The Morgan fingerprint density at radius 3 is 2.08 bits per heavy atom. The molecular formula is C5H8F3NO3S. The van der Waals surface area contributed by atoms with Crippen LogP contribution in [0.1, 0.15) is 12.8 Å². The molecule has 0 bridgehead atoms. The van der Waals surface area contributed by atoms with Crippen LogP contribution in [0.4, 0.5) is 13.2 Å². The van der Waals surface area contributed by atoms with E-state index in [1.807, 2.05) is 0 Å². The van der Waals surface area contributed by atoms with E-state index in [9.17, 15) is 21.6 Å². The Balaban J connectivity index is 2.54. The summed E-state index contributed by atoms with van der Waals surface area (Å²) in [5, 5.41) is 0. The molecule has 0 heterocycles. The Labute approximate surface area is 73.0 Å². The molecule has 0 radical (unpaired) electrons. The summed E-state index contributed by atoms with van der Waals surface area (Å²) in [6.45, 7) is 0. The van der Waals surface area contributed by atoms with Gasteiger partial charge >= 0.3 is 15.6 Å². The topological polar surface area (TPSA) is 69.4 Å². The van der Waals surface area contributed by atoms with Gasteiger partial charge in [-0.05, 0) is 12.8 Å². The average molecular weight is 219 g/mol. The summed E-state index contributed by atoms with van der Waals surface area (Å²) >= 11 is 0. The van der Waals surface area contributed by atoms with Crippen LogP contribution in [-0.4, -0.2) is 26.1 Å². The number of nitrogens with two attached hydrogens (primary N) is 1. The van der Waals surface area contributed by atoms with Gasteiger partial charge in [-0.2, -0.15) is 21.6 Å². The summed E-state index contributed by atoms with van der Waals surface area (Å²) in [6, 6.07) is -0.256. The van der Waals surface area contributed by atoms with Gasteiger partial charge in [-0.3, -0.25) is 4.18 Å². The van der Waals surface area contributed by atoms with Gasteiger partial charge in [-0.15, -0.1) is 0 Å². The van der Waals surface area contributed by atoms with Crippen molar-refractivity contribution in [3.63, 3.8) is 0 Å². The highest BCUT2D eigenvalue weighted by atomic mass is 32.2. The van der Waals surface area contributed by atoms with Crippen LogP contribution in [0.2, 0.25) is 0 Å². The molecule has 1 fully saturated rings. The fraction of sp³-hybridized carbons (Fsp3) is 1.00. The minimum Gasteiger partial charge on any atom is -0.328 e. The highest BCUT2D eigenvalue weighted by Gasteiger charge is 2.49. The molecule has 78 valence electrons. The third-order valence-electron chi connectivity index (χ3n) is 1.68. The van der Waals surface area contributed by atoms with E-state index in [-0.39, 0.29) is 18.9 Å². The van der Waals surface area contributed by atoms with Crippen LogP contribution >= 0.6 is 0 Å². The molecule has 13 heavy (non-hydrogen) atoms. The predicted octanol–water partition coefficient (Wildman–Crippen LogP) is 0.342. The first-order valence-electron chi connectivity index (χ1n) is 3.47. The second-order valence-corrected chi connectivity index (χ2v) is 4.41. The van der Waals surface area contributed by atoms with E-state index in [1.54, 1.807) is 0 Å². The van der Waals surface area contributed by atoms with Crippen molar-refractivity contribution in [2.75, 3.05) is 0 Å². The van der Waals surface area contributed by atoms with E-state index in [2.05, 4.69) is 4.18 Å². The molecule has 0 amide bonds. The normalized spacial score (nSPS) is 29.8. The lowest BCUT2D eigenvalue weighted by atomic mass is 9.91. The van der Waals surface area contributed by atoms with Gasteiger partial charge < -0.3 is 5.73 Å². The molecule has 0 saturated heterocycles. The number of hydrogen-bond donors (Lipinski definition) is 1. The molecule has 0 spiro atoms. The maximum absolute atomic E-state index is 11.7. The average Bonchev–Trinajstić information content (AvgIpc) is 1.80. The zero-order valence-corrected chi connectivity index (χ0v) is 7.23. The molecule has 1 rings (SSSR count). The zero-order chi connectivity index (χ0) is 10.3. The van der Waals surface area contributed by atoms with Gasteiger partial charge in [0, 0.05) is 6.04 Å². The second-order valence-electron chi connectivity index (χ2n) is 2.85. The Kier molecular flexibility index (Phi) is 2.56. The molecule has 4 nitrogen and oxygen atoms in total. The van der Waals surface area contributed by atoms with E-state index < -0.39 is 21.7 Å². The standard InChI is InChI=1S/C5H8F3NO3S/c6-5(7,8)13(10,11)12-4-1-3(9)2-4/h3-4H,1-2,9H2. The monoisotopic (exact) mass is 219 g/mol. The summed E-state index contributed by atoms with van der Waals surface area (Å²) in [4.78, 5) is 0. The number of hydrogen-bond acceptors (Lipinski definition) is 4. The van der Waals surface area contributed by atoms with Gasteiger partial charge in [0.05, 0.1) is 6.10 Å². The van der Waals surface area contributed by atoms with Crippen molar-refractivity contribution in [2.24, 2.45) is 5.73 Å². The summed E-state index contributed by atoms with van der Waals surface area (Å²) in [7, 11) is -5.44. The lowest BCUT2D eigenvalue weighted by Crippen LogP contribution is -2.44. The van der Waals surface area contributed by atoms with Crippen molar-refractivity contribution in [3.8, 4) is 0 Å². The Morgan fingerprint density at radius 2 is 1.77 bits per heavy atom. The molecule has 0 unspecified atom stereocenters. The maximum atomic E-state index is 11.7. The van der Waals surface area contributed by atoms with Gasteiger partial charge in [-0.25, -0.2) is 0 Å². The van der Waals surface area contributed by atoms with E-state index in [4.69, 9.17) is 5.73 Å².